The van der Waals surface area contributed by atoms with Crippen LogP contribution in [0.3, 0.4) is 0 Å². The normalized spacial score (nSPS) is 14.4. The fourth-order valence-corrected chi connectivity index (χ4v) is 4.88. The third kappa shape index (κ3) is 7.31. The van der Waals surface area contributed by atoms with Crippen molar-refractivity contribution in [2.75, 3.05) is 32.0 Å². The molecule has 0 amide bonds. The number of likely N-dealkylation sites (tertiary alicyclic amines) is 1. The minimum absolute atomic E-state index is 0.0191. The minimum atomic E-state index is -0.0191. The summed E-state index contributed by atoms with van der Waals surface area (Å²) in [6.07, 6.45) is 2.46. The van der Waals surface area contributed by atoms with Gasteiger partial charge < -0.3 is 20.1 Å². The van der Waals surface area contributed by atoms with E-state index in [4.69, 9.17) is 0 Å². The van der Waals surface area contributed by atoms with Crippen molar-refractivity contribution >= 4 is 16.6 Å². The number of aromatic nitrogens is 1. The van der Waals surface area contributed by atoms with Crippen molar-refractivity contribution in [1.29, 1.82) is 0 Å². The molecule has 0 radical (unpaired) electrons. The van der Waals surface area contributed by atoms with Crippen LogP contribution in [0, 0.1) is 11.8 Å². The minimum Gasteiger partial charge on any atom is -0.374 e. The molecule has 4 nitrogen and oxygen atoms in total. The van der Waals surface area contributed by atoms with Gasteiger partial charge in [-0.2, -0.15) is 0 Å². The van der Waals surface area contributed by atoms with Crippen LogP contribution in [0.5, 0.6) is 0 Å². The number of nitrogens with zero attached hydrogens (tertiary/aromatic N) is 2. The Kier molecular flexibility index (Phi) is 10.6. The number of nitrogens with one attached hydrogen (secondary N) is 2. The van der Waals surface area contributed by atoms with Crippen molar-refractivity contribution in [3.63, 3.8) is 0 Å². The van der Waals surface area contributed by atoms with Gasteiger partial charge >= 0.3 is 0 Å². The Bertz CT molecular complexity index is 1250. The predicted octanol–water partition coefficient (Wildman–Crippen LogP) is 7.19. The summed E-state index contributed by atoms with van der Waals surface area (Å²) in [5, 5.41) is 8.47. The van der Waals surface area contributed by atoms with E-state index < -0.39 is 0 Å². The fourth-order valence-electron chi connectivity index (χ4n) is 4.88. The van der Waals surface area contributed by atoms with Crippen LogP contribution in [0.25, 0.3) is 10.9 Å². The number of piperidine rings is 1. The van der Waals surface area contributed by atoms with Crippen LogP contribution in [0.1, 0.15) is 71.2 Å². The Labute approximate surface area is 231 Å². The zero-order valence-corrected chi connectivity index (χ0v) is 24.7. The Morgan fingerprint density at radius 1 is 1.05 bits per heavy atom. The highest BCUT2D eigenvalue weighted by Crippen LogP contribution is 2.30. The van der Waals surface area contributed by atoms with Gasteiger partial charge in [0.2, 0.25) is 0 Å². The van der Waals surface area contributed by atoms with Crippen molar-refractivity contribution in [2.45, 2.75) is 78.9 Å². The summed E-state index contributed by atoms with van der Waals surface area (Å²) in [6, 6.07) is 18.3. The lowest BCUT2D eigenvalue weighted by Gasteiger charge is -2.29. The van der Waals surface area contributed by atoms with Crippen LogP contribution in [0.15, 0.2) is 60.7 Å². The molecule has 2 N–H and O–H groups in total. The van der Waals surface area contributed by atoms with E-state index in [1.54, 1.807) is 0 Å². The second-order valence-electron chi connectivity index (χ2n) is 10.8. The molecule has 0 unspecified atom stereocenters. The van der Waals surface area contributed by atoms with E-state index in [0.29, 0.717) is 12.6 Å². The molecule has 1 aliphatic heterocycles. The first-order valence-electron chi connectivity index (χ1n) is 14.3. The molecule has 0 atom stereocenters. The summed E-state index contributed by atoms with van der Waals surface area (Å²) >= 11 is 0. The molecule has 0 saturated carbocycles. The van der Waals surface area contributed by atoms with Gasteiger partial charge in [-0.15, -0.1) is 0 Å². The lowest BCUT2D eigenvalue weighted by molar-refractivity contribution is 0.234. The van der Waals surface area contributed by atoms with Crippen LogP contribution in [-0.4, -0.2) is 42.2 Å². The zero-order chi connectivity index (χ0) is 27.7. The average Bonchev–Trinajstić information content (AvgIpc) is 3.28. The van der Waals surface area contributed by atoms with Gasteiger partial charge in [0, 0.05) is 41.1 Å². The molecule has 2 heterocycles. The van der Waals surface area contributed by atoms with Crippen molar-refractivity contribution in [3.05, 3.63) is 77.5 Å². The van der Waals surface area contributed by atoms with Gasteiger partial charge in [-0.25, -0.2) is 0 Å². The average molecular weight is 513 g/mol. The van der Waals surface area contributed by atoms with Gasteiger partial charge in [0.25, 0.3) is 0 Å². The Balaban J connectivity index is 0.00000195. The number of allylic oxidation sites excluding steroid dienone is 1. The maximum atomic E-state index is 4.14. The molecule has 1 fully saturated rings. The lowest BCUT2D eigenvalue weighted by Crippen LogP contribution is -2.40. The molecule has 0 aliphatic carbocycles. The van der Waals surface area contributed by atoms with Crippen molar-refractivity contribution < 1.29 is 0 Å². The van der Waals surface area contributed by atoms with E-state index in [9.17, 15) is 0 Å². The number of fused-ring (bicyclic) bond motifs is 1. The molecule has 1 aliphatic rings. The summed E-state index contributed by atoms with van der Waals surface area (Å²) in [4.78, 5) is 2.41. The highest BCUT2D eigenvalue weighted by Gasteiger charge is 2.21. The Morgan fingerprint density at radius 2 is 1.74 bits per heavy atom. The molecule has 4 heteroatoms. The fraction of sp³-hybridized carbons (Fsp3) is 0.471. The molecule has 4 rings (SSSR count). The van der Waals surface area contributed by atoms with E-state index in [-0.39, 0.29) is 5.41 Å². The number of hydrogen-bond donors (Lipinski definition) is 2. The lowest BCUT2D eigenvalue weighted by atomic mass is 9.79. The number of hydrogen-bond acceptors (Lipinski definition) is 3. The predicted molar refractivity (Wildman–Crippen MR) is 166 cm³/mol. The zero-order valence-electron chi connectivity index (χ0n) is 24.7. The SMILES string of the molecule is C=C(C)C(C)(C)c1ccc(NCC#Cc2cc3cc(CNC4CCN(C)CC4)ccc3n2CC)cc1.CC. The molecule has 204 valence electrons. The monoisotopic (exact) mass is 512 g/mol. The third-order valence-electron chi connectivity index (χ3n) is 7.87. The quantitative estimate of drug-likeness (QED) is 0.247. The van der Waals surface area contributed by atoms with E-state index in [0.717, 1.165) is 24.5 Å². The van der Waals surface area contributed by atoms with Gasteiger partial charge in [0.05, 0.1) is 12.2 Å². The largest absolute Gasteiger partial charge is 0.374 e. The van der Waals surface area contributed by atoms with E-state index in [2.05, 4.69) is 122 Å². The van der Waals surface area contributed by atoms with Crippen LogP contribution in [0.2, 0.25) is 0 Å². The second kappa shape index (κ2) is 13.7. The van der Waals surface area contributed by atoms with E-state index in [1.165, 1.54) is 53.5 Å². The standard InChI is InChI=1S/C32H42N4.C2H6/c1-7-36-30(9-8-18-33-28-13-11-27(12-14-28)32(4,5)24(2)3)22-26-21-25(10-15-31(26)36)23-34-29-16-19-35(6)20-17-29;1-2/h10-15,21-22,29,33-34H,2,7,16-20,23H2,1,3-6H3;1-2H3. The first kappa shape index (κ1) is 29.6. The molecular weight excluding hydrogens is 464 g/mol. The van der Waals surface area contributed by atoms with Crippen molar-refractivity contribution in [1.82, 2.24) is 14.8 Å². The van der Waals surface area contributed by atoms with E-state index in [1.807, 2.05) is 13.8 Å². The number of aryl methyl sites for hydroxylation is 1. The summed E-state index contributed by atoms with van der Waals surface area (Å²) in [5.74, 6) is 6.72. The van der Waals surface area contributed by atoms with Gasteiger partial charge in [-0.05, 0) is 94.2 Å². The van der Waals surface area contributed by atoms with Gasteiger partial charge in [0.15, 0.2) is 0 Å². The molecule has 0 spiro atoms. The maximum absolute atomic E-state index is 4.14. The van der Waals surface area contributed by atoms with E-state index >= 15 is 0 Å². The van der Waals surface area contributed by atoms with Gasteiger partial charge in [-0.3, -0.25) is 0 Å². The summed E-state index contributed by atoms with van der Waals surface area (Å²) in [7, 11) is 2.21. The molecule has 0 bridgehead atoms. The number of anilines is 1. The highest BCUT2D eigenvalue weighted by atomic mass is 15.1. The van der Waals surface area contributed by atoms with Gasteiger partial charge in [0.1, 0.15) is 0 Å². The Hall–Kier alpha value is -3.00. The van der Waals surface area contributed by atoms with Crippen LogP contribution >= 0.6 is 0 Å². The highest BCUT2D eigenvalue weighted by molar-refractivity contribution is 5.83. The topological polar surface area (TPSA) is 32.2 Å². The summed E-state index contributed by atoms with van der Waals surface area (Å²) in [5.41, 5.74) is 7.19. The second-order valence-corrected chi connectivity index (χ2v) is 10.8. The molecule has 38 heavy (non-hydrogen) atoms. The Morgan fingerprint density at radius 3 is 2.37 bits per heavy atom. The van der Waals surface area contributed by atoms with Gasteiger partial charge in [-0.1, -0.05) is 64.0 Å². The summed E-state index contributed by atoms with van der Waals surface area (Å²) < 4.78 is 2.31. The first-order chi connectivity index (χ1) is 18.3. The van der Waals surface area contributed by atoms with Crippen molar-refractivity contribution in [2.24, 2.45) is 0 Å². The van der Waals surface area contributed by atoms with Crippen LogP contribution in [0.4, 0.5) is 5.69 Å². The molecule has 2 aromatic carbocycles. The molecular formula is C34H48N4. The number of benzene rings is 2. The maximum Gasteiger partial charge on any atom is 0.0931 e. The van der Waals surface area contributed by atoms with Crippen LogP contribution < -0.4 is 10.6 Å². The molecule has 3 aromatic rings. The van der Waals surface area contributed by atoms with Crippen molar-refractivity contribution in [3.8, 4) is 11.8 Å². The molecule has 1 saturated heterocycles. The smallest absolute Gasteiger partial charge is 0.0931 e. The molecule has 1 aromatic heterocycles. The van der Waals surface area contributed by atoms with Crippen LogP contribution in [-0.2, 0) is 18.5 Å². The third-order valence-corrected chi connectivity index (χ3v) is 7.87. The number of rotatable bonds is 8. The summed E-state index contributed by atoms with van der Waals surface area (Å²) in [6.45, 7) is 21.7. The first-order valence-corrected chi connectivity index (χ1v) is 14.3.